The first kappa shape index (κ1) is 14.8. The van der Waals surface area contributed by atoms with Crippen molar-refractivity contribution in [1.82, 2.24) is 15.1 Å². The van der Waals surface area contributed by atoms with Crippen LogP contribution in [0.4, 0.5) is 0 Å². The van der Waals surface area contributed by atoms with Crippen LogP contribution in [0.3, 0.4) is 0 Å². The van der Waals surface area contributed by atoms with Crippen molar-refractivity contribution in [2.45, 2.75) is 31.7 Å². The van der Waals surface area contributed by atoms with Crippen molar-refractivity contribution in [2.75, 3.05) is 32.7 Å². The largest absolute Gasteiger partial charge is 0.314 e. The number of fused-ring (bicyclic) bond motifs is 1. The Morgan fingerprint density at radius 2 is 1.84 bits per heavy atom. The number of carbonyl (C=O) groups excluding carboxylic acids is 2. The monoisotopic (exact) mass is 287 g/mol. The van der Waals surface area contributed by atoms with Crippen LogP contribution in [0.5, 0.6) is 0 Å². The van der Waals surface area contributed by atoms with Crippen molar-refractivity contribution in [3.8, 4) is 0 Å². The first-order valence-corrected chi connectivity index (χ1v) is 7.03. The van der Waals surface area contributed by atoms with Gasteiger partial charge in [0.15, 0.2) is 0 Å². The highest BCUT2D eigenvalue weighted by molar-refractivity contribution is 6.01. The number of nitrogens with zero attached hydrogens (tertiary/aromatic N) is 2. The van der Waals surface area contributed by atoms with E-state index in [-0.39, 0.29) is 24.2 Å². The van der Waals surface area contributed by atoms with Crippen molar-refractivity contribution in [2.24, 2.45) is 5.92 Å². The molecular weight excluding hydrogens is 266 g/mol. The molecule has 3 rings (SSSR count). The molecule has 3 saturated heterocycles. The lowest BCUT2D eigenvalue weighted by Gasteiger charge is -2.35. The fourth-order valence-electron chi connectivity index (χ4n) is 3.44. The number of piperidine rings is 1. The van der Waals surface area contributed by atoms with E-state index in [0.717, 1.165) is 32.1 Å². The van der Waals surface area contributed by atoms with Gasteiger partial charge in [0.1, 0.15) is 0 Å². The molecule has 5 nitrogen and oxygen atoms in total. The van der Waals surface area contributed by atoms with Gasteiger partial charge in [-0.05, 0) is 31.8 Å². The first-order chi connectivity index (χ1) is 8.74. The van der Waals surface area contributed by atoms with E-state index in [1.807, 2.05) is 0 Å². The van der Waals surface area contributed by atoms with Gasteiger partial charge < -0.3 is 10.2 Å². The van der Waals surface area contributed by atoms with Crippen LogP contribution >= 0.6 is 12.4 Å². The zero-order valence-electron chi connectivity index (χ0n) is 11.1. The van der Waals surface area contributed by atoms with Crippen molar-refractivity contribution >= 4 is 24.2 Å². The third-order valence-corrected chi connectivity index (χ3v) is 4.53. The van der Waals surface area contributed by atoms with Crippen molar-refractivity contribution in [1.29, 1.82) is 0 Å². The van der Waals surface area contributed by atoms with E-state index in [0.29, 0.717) is 25.4 Å². The van der Waals surface area contributed by atoms with Gasteiger partial charge in [0, 0.05) is 38.5 Å². The summed E-state index contributed by atoms with van der Waals surface area (Å²) in [6, 6.07) is 0.705. The van der Waals surface area contributed by atoms with Crippen LogP contribution < -0.4 is 5.32 Å². The van der Waals surface area contributed by atoms with Crippen molar-refractivity contribution < 1.29 is 9.59 Å². The number of amides is 2. The van der Waals surface area contributed by atoms with Gasteiger partial charge >= 0.3 is 0 Å². The van der Waals surface area contributed by atoms with Gasteiger partial charge in [0.2, 0.25) is 11.8 Å². The standard InChI is InChI=1S/C13H21N3O2.ClH/c17-12-1-2-13(18)16(12)8-7-15-6-4-11-10(9-15)3-5-14-11;/h10-11,14H,1-9H2;1H. The van der Waals surface area contributed by atoms with E-state index in [1.54, 1.807) is 0 Å². The van der Waals surface area contributed by atoms with E-state index in [4.69, 9.17) is 0 Å². The summed E-state index contributed by atoms with van der Waals surface area (Å²) in [6.07, 6.45) is 3.29. The summed E-state index contributed by atoms with van der Waals surface area (Å²) in [4.78, 5) is 26.9. The number of hydrogen-bond acceptors (Lipinski definition) is 4. The number of halogens is 1. The predicted molar refractivity (Wildman–Crippen MR) is 74.2 cm³/mol. The minimum atomic E-state index is 0. The third kappa shape index (κ3) is 3.09. The Morgan fingerprint density at radius 1 is 1.11 bits per heavy atom. The second kappa shape index (κ2) is 6.20. The lowest BCUT2D eigenvalue weighted by molar-refractivity contribution is -0.138. The molecule has 1 N–H and O–H groups in total. The predicted octanol–water partition coefficient (Wildman–Crippen LogP) is 0.241. The molecule has 0 saturated carbocycles. The van der Waals surface area contributed by atoms with Crippen LogP contribution in [-0.2, 0) is 9.59 Å². The Balaban J connectivity index is 0.00000133. The van der Waals surface area contributed by atoms with Crippen LogP contribution in [0, 0.1) is 5.92 Å². The maximum Gasteiger partial charge on any atom is 0.229 e. The maximum atomic E-state index is 11.5. The third-order valence-electron chi connectivity index (χ3n) is 4.53. The number of likely N-dealkylation sites (tertiary alicyclic amines) is 2. The molecule has 6 heteroatoms. The molecule has 0 aromatic rings. The quantitative estimate of drug-likeness (QED) is 0.756. The molecular formula is C13H22ClN3O2. The summed E-state index contributed by atoms with van der Waals surface area (Å²) in [7, 11) is 0. The molecule has 3 heterocycles. The van der Waals surface area contributed by atoms with Crippen LogP contribution in [0.2, 0.25) is 0 Å². The van der Waals surface area contributed by atoms with Crippen molar-refractivity contribution in [3.05, 3.63) is 0 Å². The van der Waals surface area contributed by atoms with Gasteiger partial charge in [-0.2, -0.15) is 0 Å². The molecule has 2 amide bonds. The molecule has 0 spiro atoms. The van der Waals surface area contributed by atoms with Crippen LogP contribution in [0.25, 0.3) is 0 Å². The second-order valence-electron chi connectivity index (χ2n) is 5.64. The zero-order chi connectivity index (χ0) is 12.5. The highest BCUT2D eigenvalue weighted by Crippen LogP contribution is 2.24. The smallest absolute Gasteiger partial charge is 0.229 e. The second-order valence-corrected chi connectivity index (χ2v) is 5.64. The van der Waals surface area contributed by atoms with Gasteiger partial charge in [-0.25, -0.2) is 0 Å². The Morgan fingerprint density at radius 3 is 2.58 bits per heavy atom. The van der Waals surface area contributed by atoms with E-state index < -0.39 is 0 Å². The fraction of sp³-hybridized carbons (Fsp3) is 0.846. The summed E-state index contributed by atoms with van der Waals surface area (Å²) in [5.41, 5.74) is 0. The number of imide groups is 1. The Labute approximate surface area is 120 Å². The molecule has 2 unspecified atom stereocenters. The molecule has 108 valence electrons. The number of hydrogen-bond donors (Lipinski definition) is 1. The van der Waals surface area contributed by atoms with Crippen LogP contribution in [-0.4, -0.2) is 60.4 Å². The Bertz CT molecular complexity index is 348. The molecule has 0 bridgehead atoms. The van der Waals surface area contributed by atoms with Crippen LogP contribution in [0.1, 0.15) is 25.7 Å². The van der Waals surface area contributed by atoms with E-state index in [9.17, 15) is 9.59 Å². The summed E-state index contributed by atoms with van der Waals surface area (Å²) in [5, 5.41) is 3.55. The summed E-state index contributed by atoms with van der Waals surface area (Å²) < 4.78 is 0. The van der Waals surface area contributed by atoms with E-state index >= 15 is 0 Å². The van der Waals surface area contributed by atoms with Gasteiger partial charge in [0.05, 0.1) is 0 Å². The molecule has 3 fully saturated rings. The average Bonchev–Trinajstić information content (AvgIpc) is 2.94. The molecule has 0 aromatic heterocycles. The number of rotatable bonds is 3. The minimum absolute atomic E-state index is 0. The minimum Gasteiger partial charge on any atom is -0.314 e. The first-order valence-electron chi connectivity index (χ1n) is 7.03. The van der Waals surface area contributed by atoms with Crippen LogP contribution in [0.15, 0.2) is 0 Å². The topological polar surface area (TPSA) is 52.7 Å². The summed E-state index contributed by atoms with van der Waals surface area (Å²) >= 11 is 0. The van der Waals surface area contributed by atoms with Gasteiger partial charge in [-0.3, -0.25) is 14.5 Å². The average molecular weight is 288 g/mol. The number of carbonyl (C=O) groups is 2. The lowest BCUT2D eigenvalue weighted by Crippen LogP contribution is -2.47. The molecule has 3 aliphatic rings. The number of nitrogens with one attached hydrogen (secondary N) is 1. The van der Waals surface area contributed by atoms with E-state index in [1.165, 1.54) is 17.7 Å². The normalized spacial score (nSPS) is 31.5. The van der Waals surface area contributed by atoms with Gasteiger partial charge in [-0.15, -0.1) is 12.4 Å². The fourth-order valence-corrected chi connectivity index (χ4v) is 3.44. The lowest BCUT2D eigenvalue weighted by atomic mass is 9.93. The molecule has 0 radical (unpaired) electrons. The molecule has 0 aromatic carbocycles. The van der Waals surface area contributed by atoms with Gasteiger partial charge in [-0.1, -0.05) is 0 Å². The van der Waals surface area contributed by atoms with Gasteiger partial charge in [0.25, 0.3) is 0 Å². The van der Waals surface area contributed by atoms with E-state index in [2.05, 4.69) is 10.2 Å². The summed E-state index contributed by atoms with van der Waals surface area (Å²) in [6.45, 7) is 4.79. The SMILES string of the molecule is Cl.O=C1CCC(=O)N1CCN1CCC2NCCC2C1. The molecule has 19 heavy (non-hydrogen) atoms. The highest BCUT2D eigenvalue weighted by atomic mass is 35.5. The maximum absolute atomic E-state index is 11.5. The Hall–Kier alpha value is -0.650. The van der Waals surface area contributed by atoms with Crippen molar-refractivity contribution in [3.63, 3.8) is 0 Å². The Kier molecular flexibility index (Phi) is 4.81. The highest BCUT2D eigenvalue weighted by Gasteiger charge is 2.33. The molecule has 0 aliphatic carbocycles. The summed E-state index contributed by atoms with van der Waals surface area (Å²) in [5.74, 6) is 0.790. The molecule has 3 aliphatic heterocycles. The zero-order valence-corrected chi connectivity index (χ0v) is 12.0. The molecule has 2 atom stereocenters.